The van der Waals surface area contributed by atoms with Gasteiger partial charge in [0.25, 0.3) is 0 Å². The third-order valence-corrected chi connectivity index (χ3v) is 3.13. The molecule has 1 fully saturated rings. The monoisotopic (exact) mass is 230 g/mol. The van der Waals surface area contributed by atoms with E-state index in [0.29, 0.717) is 24.5 Å². The van der Waals surface area contributed by atoms with Crippen LogP contribution in [0.3, 0.4) is 0 Å². The van der Waals surface area contributed by atoms with E-state index in [1.165, 1.54) is 6.42 Å². The van der Waals surface area contributed by atoms with E-state index < -0.39 is 0 Å². The zero-order valence-corrected chi connectivity index (χ0v) is 11.1. The Balaban J connectivity index is 0.000000487. The Hall–Kier alpha value is -0.160. The molecule has 1 aliphatic rings. The molecule has 0 spiro atoms. The van der Waals surface area contributed by atoms with E-state index in [1.54, 1.807) is 0 Å². The van der Waals surface area contributed by atoms with Crippen molar-refractivity contribution in [2.24, 2.45) is 33.8 Å². The van der Waals surface area contributed by atoms with E-state index in [1.807, 2.05) is 0 Å². The van der Waals surface area contributed by atoms with Crippen molar-refractivity contribution >= 4 is 0 Å². The molecule has 2 unspecified atom stereocenters. The molecule has 8 N–H and O–H groups in total. The summed E-state index contributed by atoms with van der Waals surface area (Å²) in [6.07, 6.45) is 3.44. The van der Waals surface area contributed by atoms with Crippen LogP contribution in [0.5, 0.6) is 0 Å². The maximum atomic E-state index is 6.01. The van der Waals surface area contributed by atoms with Crippen LogP contribution in [0.1, 0.15) is 40.0 Å². The normalized spacial score (nSPS) is 32.8. The van der Waals surface area contributed by atoms with E-state index in [4.69, 9.17) is 22.9 Å². The molecular formula is C12H30N4. The summed E-state index contributed by atoms with van der Waals surface area (Å²) in [4.78, 5) is 0. The molecule has 4 heteroatoms. The van der Waals surface area contributed by atoms with Gasteiger partial charge in [0.1, 0.15) is 0 Å². The van der Waals surface area contributed by atoms with Gasteiger partial charge in [-0.3, -0.25) is 0 Å². The molecule has 0 aliphatic heterocycles. The number of nitrogens with two attached hydrogens (primary N) is 4. The molecule has 0 aromatic rings. The summed E-state index contributed by atoms with van der Waals surface area (Å²) in [5, 5.41) is 0. The minimum absolute atomic E-state index is 0.279. The standard InChI is InChI=1S/C10H22N2.C2H8N2/c1-9(2)4-8(12)5-10(3,6-9)7-11;3-1-2-4/h8H,4-7,11-12H2,1-3H3;1-4H2. The summed E-state index contributed by atoms with van der Waals surface area (Å²) in [5.74, 6) is 0. The van der Waals surface area contributed by atoms with Gasteiger partial charge in [0, 0.05) is 19.1 Å². The molecule has 0 aromatic heterocycles. The Bertz CT molecular complexity index is 191. The Kier molecular flexibility index (Phi) is 6.48. The molecule has 0 amide bonds. The predicted octanol–water partition coefficient (Wildman–Crippen LogP) is 0.393. The molecule has 98 valence electrons. The van der Waals surface area contributed by atoms with E-state index in [0.717, 1.165) is 19.4 Å². The molecule has 1 saturated carbocycles. The Labute approximate surface area is 100 Å². The topological polar surface area (TPSA) is 104 Å². The first-order valence-corrected chi connectivity index (χ1v) is 6.14. The summed E-state index contributed by atoms with van der Waals surface area (Å²) in [6.45, 7) is 8.80. The SMILES string of the molecule is CC1(C)CC(N)CC(C)(CN)C1.NCCN. The van der Waals surface area contributed by atoms with Crippen LogP contribution in [0.15, 0.2) is 0 Å². The zero-order chi connectivity index (χ0) is 12.8. The largest absolute Gasteiger partial charge is 0.330 e. The van der Waals surface area contributed by atoms with E-state index in [9.17, 15) is 0 Å². The molecule has 0 aromatic carbocycles. The lowest BCUT2D eigenvalue weighted by molar-refractivity contribution is 0.0904. The second-order valence-electron chi connectivity index (χ2n) is 6.10. The molecule has 0 bridgehead atoms. The van der Waals surface area contributed by atoms with Crippen LogP contribution in [-0.2, 0) is 0 Å². The third-order valence-electron chi connectivity index (χ3n) is 3.13. The number of rotatable bonds is 2. The Morgan fingerprint density at radius 1 is 1.00 bits per heavy atom. The van der Waals surface area contributed by atoms with Crippen molar-refractivity contribution in [3.8, 4) is 0 Å². The lowest BCUT2D eigenvalue weighted by Crippen LogP contribution is -2.45. The fourth-order valence-corrected chi connectivity index (χ4v) is 2.87. The quantitative estimate of drug-likeness (QED) is 0.551. The second-order valence-corrected chi connectivity index (χ2v) is 6.10. The molecular weight excluding hydrogens is 200 g/mol. The van der Waals surface area contributed by atoms with Crippen LogP contribution in [-0.4, -0.2) is 25.7 Å². The Morgan fingerprint density at radius 2 is 1.50 bits per heavy atom. The smallest absolute Gasteiger partial charge is 0.00495 e. The lowest BCUT2D eigenvalue weighted by Gasteiger charge is -2.45. The van der Waals surface area contributed by atoms with Crippen molar-refractivity contribution < 1.29 is 0 Å². The van der Waals surface area contributed by atoms with Gasteiger partial charge >= 0.3 is 0 Å². The number of hydrogen-bond donors (Lipinski definition) is 4. The van der Waals surface area contributed by atoms with Crippen LogP contribution in [0.25, 0.3) is 0 Å². The minimum Gasteiger partial charge on any atom is -0.330 e. The van der Waals surface area contributed by atoms with Crippen molar-refractivity contribution in [3.05, 3.63) is 0 Å². The van der Waals surface area contributed by atoms with Gasteiger partial charge < -0.3 is 22.9 Å². The molecule has 4 nitrogen and oxygen atoms in total. The summed E-state index contributed by atoms with van der Waals surface area (Å²) in [7, 11) is 0. The molecule has 0 saturated heterocycles. The van der Waals surface area contributed by atoms with Gasteiger partial charge in [0.2, 0.25) is 0 Å². The van der Waals surface area contributed by atoms with Gasteiger partial charge in [-0.25, -0.2) is 0 Å². The van der Waals surface area contributed by atoms with E-state index >= 15 is 0 Å². The van der Waals surface area contributed by atoms with Gasteiger partial charge in [-0.05, 0) is 36.6 Å². The first-order chi connectivity index (χ1) is 7.28. The highest BCUT2D eigenvalue weighted by Crippen LogP contribution is 2.44. The van der Waals surface area contributed by atoms with Crippen molar-refractivity contribution in [1.82, 2.24) is 0 Å². The van der Waals surface area contributed by atoms with Gasteiger partial charge in [-0.15, -0.1) is 0 Å². The molecule has 1 aliphatic carbocycles. The summed E-state index contributed by atoms with van der Waals surface area (Å²) < 4.78 is 0. The van der Waals surface area contributed by atoms with Crippen LogP contribution in [0.2, 0.25) is 0 Å². The highest BCUT2D eigenvalue weighted by atomic mass is 14.7. The maximum absolute atomic E-state index is 6.01. The first-order valence-electron chi connectivity index (χ1n) is 6.14. The molecule has 16 heavy (non-hydrogen) atoms. The zero-order valence-electron chi connectivity index (χ0n) is 11.1. The fraction of sp³-hybridized carbons (Fsp3) is 1.00. The highest BCUT2D eigenvalue weighted by Gasteiger charge is 2.38. The Morgan fingerprint density at radius 3 is 1.81 bits per heavy atom. The van der Waals surface area contributed by atoms with Crippen LogP contribution < -0.4 is 22.9 Å². The molecule has 2 atom stereocenters. The summed E-state index contributed by atoms with van der Waals surface area (Å²) >= 11 is 0. The number of hydrogen-bond acceptors (Lipinski definition) is 4. The first kappa shape index (κ1) is 15.8. The summed E-state index contributed by atoms with van der Waals surface area (Å²) in [5.41, 5.74) is 22.2. The fourth-order valence-electron chi connectivity index (χ4n) is 2.87. The van der Waals surface area contributed by atoms with Crippen molar-refractivity contribution in [2.45, 2.75) is 46.1 Å². The van der Waals surface area contributed by atoms with Crippen molar-refractivity contribution in [3.63, 3.8) is 0 Å². The predicted molar refractivity (Wildman–Crippen MR) is 70.9 cm³/mol. The van der Waals surface area contributed by atoms with Crippen LogP contribution in [0.4, 0.5) is 0 Å². The summed E-state index contributed by atoms with van der Waals surface area (Å²) in [6, 6.07) is 0.349. The molecule has 0 heterocycles. The average molecular weight is 230 g/mol. The highest BCUT2D eigenvalue weighted by molar-refractivity contribution is 4.93. The minimum atomic E-state index is 0.279. The van der Waals surface area contributed by atoms with Crippen LogP contribution in [0, 0.1) is 10.8 Å². The van der Waals surface area contributed by atoms with Gasteiger partial charge in [-0.1, -0.05) is 20.8 Å². The van der Waals surface area contributed by atoms with Gasteiger partial charge in [-0.2, -0.15) is 0 Å². The van der Waals surface area contributed by atoms with E-state index in [-0.39, 0.29) is 5.41 Å². The van der Waals surface area contributed by atoms with Crippen molar-refractivity contribution in [1.29, 1.82) is 0 Å². The second kappa shape index (κ2) is 6.55. The average Bonchev–Trinajstić information content (AvgIpc) is 2.14. The maximum Gasteiger partial charge on any atom is 0.00495 e. The third kappa shape index (κ3) is 5.80. The van der Waals surface area contributed by atoms with Gasteiger partial charge in [0.15, 0.2) is 0 Å². The van der Waals surface area contributed by atoms with Crippen LogP contribution >= 0.6 is 0 Å². The van der Waals surface area contributed by atoms with Gasteiger partial charge in [0.05, 0.1) is 0 Å². The van der Waals surface area contributed by atoms with Crippen molar-refractivity contribution in [2.75, 3.05) is 19.6 Å². The molecule has 1 rings (SSSR count). The molecule has 0 radical (unpaired) electrons. The van der Waals surface area contributed by atoms with E-state index in [2.05, 4.69) is 20.8 Å². The lowest BCUT2D eigenvalue weighted by atomic mass is 9.63.